The lowest BCUT2D eigenvalue weighted by molar-refractivity contribution is 0.475. The molecule has 5 heteroatoms. The summed E-state index contributed by atoms with van der Waals surface area (Å²) in [6.07, 6.45) is 1.53. The molecule has 0 saturated heterocycles. The summed E-state index contributed by atoms with van der Waals surface area (Å²) in [7, 11) is 0. The van der Waals surface area contributed by atoms with E-state index < -0.39 is 5.56 Å². The first-order valence-electron chi connectivity index (χ1n) is 5.66. The fraction of sp³-hybridized carbons (Fsp3) is 0. The fourth-order valence-corrected chi connectivity index (χ4v) is 2.04. The van der Waals surface area contributed by atoms with Crippen LogP contribution in [0.15, 0.2) is 47.4 Å². The number of hydrogen-bond donors (Lipinski definition) is 3. The van der Waals surface area contributed by atoms with E-state index in [1.165, 1.54) is 18.3 Å². The Balaban J connectivity index is 2.39. The minimum absolute atomic E-state index is 0.0302. The average molecular weight is 254 g/mol. The zero-order valence-corrected chi connectivity index (χ0v) is 9.79. The molecule has 1 aromatic carbocycles. The summed E-state index contributed by atoms with van der Waals surface area (Å²) in [4.78, 5) is 18.6. The van der Waals surface area contributed by atoms with Crippen LogP contribution in [0.1, 0.15) is 0 Å². The molecule has 0 radical (unpaired) electrons. The number of phenols is 1. The molecule has 0 spiro atoms. The summed E-state index contributed by atoms with van der Waals surface area (Å²) >= 11 is 0. The minimum atomic E-state index is -0.450. The van der Waals surface area contributed by atoms with Crippen molar-refractivity contribution < 1.29 is 10.2 Å². The molecule has 3 aromatic rings. The van der Waals surface area contributed by atoms with E-state index >= 15 is 0 Å². The van der Waals surface area contributed by atoms with Crippen LogP contribution in [0.4, 0.5) is 0 Å². The molecule has 19 heavy (non-hydrogen) atoms. The zero-order valence-electron chi connectivity index (χ0n) is 9.79. The summed E-state index contributed by atoms with van der Waals surface area (Å²) in [5, 5.41) is 20.2. The van der Waals surface area contributed by atoms with Crippen molar-refractivity contribution in [2.45, 2.75) is 0 Å². The summed E-state index contributed by atoms with van der Waals surface area (Å²) in [6, 6.07) is 9.51. The molecule has 3 N–H and O–H groups in total. The normalized spacial score (nSPS) is 10.7. The summed E-state index contributed by atoms with van der Waals surface area (Å²) < 4.78 is 0. The summed E-state index contributed by atoms with van der Waals surface area (Å²) in [6.45, 7) is 0. The monoisotopic (exact) mass is 254 g/mol. The molecule has 0 fully saturated rings. The van der Waals surface area contributed by atoms with Crippen molar-refractivity contribution in [3.05, 3.63) is 52.9 Å². The molecule has 94 valence electrons. The average Bonchev–Trinajstić information content (AvgIpc) is 2.39. The molecule has 0 bridgehead atoms. The van der Waals surface area contributed by atoms with Crippen molar-refractivity contribution >= 4 is 11.0 Å². The predicted octanol–water partition coefficient (Wildman–Crippen LogP) is 2.00. The molecular formula is C14H10N2O3. The largest absolute Gasteiger partial charge is 0.508 e. The van der Waals surface area contributed by atoms with E-state index in [1.807, 2.05) is 0 Å². The van der Waals surface area contributed by atoms with Crippen LogP contribution in [0.2, 0.25) is 0 Å². The van der Waals surface area contributed by atoms with Gasteiger partial charge in [-0.25, -0.2) is 4.98 Å². The topological polar surface area (TPSA) is 86.2 Å². The number of nitrogens with one attached hydrogen (secondary N) is 1. The van der Waals surface area contributed by atoms with Gasteiger partial charge >= 0.3 is 0 Å². The maximum absolute atomic E-state index is 12.0. The molecule has 0 aliphatic rings. The summed E-state index contributed by atoms with van der Waals surface area (Å²) in [5.41, 5.74) is 0.448. The van der Waals surface area contributed by atoms with Crippen LogP contribution >= 0.6 is 0 Å². The Morgan fingerprint density at radius 2 is 1.95 bits per heavy atom. The molecular weight excluding hydrogens is 244 g/mol. The lowest BCUT2D eigenvalue weighted by Crippen LogP contribution is -2.09. The highest BCUT2D eigenvalue weighted by Crippen LogP contribution is 2.32. The molecule has 0 aliphatic carbocycles. The lowest BCUT2D eigenvalue weighted by Gasteiger charge is -2.07. The molecule has 5 nitrogen and oxygen atoms in total. The van der Waals surface area contributed by atoms with E-state index in [4.69, 9.17) is 0 Å². The number of phenolic OH excluding ortho intramolecular Hbond substituents is 1. The van der Waals surface area contributed by atoms with Crippen molar-refractivity contribution in [3.63, 3.8) is 0 Å². The van der Waals surface area contributed by atoms with Gasteiger partial charge in [-0.15, -0.1) is 0 Å². The second-order valence-corrected chi connectivity index (χ2v) is 4.13. The number of pyridine rings is 2. The molecule has 0 aliphatic heterocycles. The Morgan fingerprint density at radius 1 is 1.11 bits per heavy atom. The number of H-pyrrole nitrogens is 1. The van der Waals surface area contributed by atoms with Gasteiger partial charge in [0, 0.05) is 6.20 Å². The van der Waals surface area contributed by atoms with E-state index in [-0.39, 0.29) is 17.1 Å². The first kappa shape index (κ1) is 11.3. The Kier molecular flexibility index (Phi) is 2.45. The third-order valence-corrected chi connectivity index (χ3v) is 2.89. The standard InChI is InChI=1S/C14H10N2O3/c17-9-4-1-3-8(7-9)11-12(18)10-5-2-6-15-13(10)16-14(11)19/h1-7,17H,(H2,15,16,18,19). The zero-order chi connectivity index (χ0) is 13.4. The molecule has 0 unspecified atom stereocenters. The van der Waals surface area contributed by atoms with Gasteiger partial charge in [0.15, 0.2) is 0 Å². The van der Waals surface area contributed by atoms with Gasteiger partial charge in [0.25, 0.3) is 5.56 Å². The van der Waals surface area contributed by atoms with Crippen molar-refractivity contribution in [1.82, 2.24) is 9.97 Å². The number of aromatic hydroxyl groups is 2. The third-order valence-electron chi connectivity index (χ3n) is 2.89. The van der Waals surface area contributed by atoms with Gasteiger partial charge in [-0.3, -0.25) is 4.79 Å². The number of hydrogen-bond acceptors (Lipinski definition) is 4. The maximum Gasteiger partial charge on any atom is 0.261 e. The first-order valence-corrected chi connectivity index (χ1v) is 5.66. The van der Waals surface area contributed by atoms with Gasteiger partial charge in [-0.05, 0) is 29.8 Å². The number of aromatic amines is 1. The van der Waals surface area contributed by atoms with Crippen LogP contribution in [0.3, 0.4) is 0 Å². The van der Waals surface area contributed by atoms with Gasteiger partial charge in [0.1, 0.15) is 17.1 Å². The van der Waals surface area contributed by atoms with Crippen molar-refractivity contribution in [3.8, 4) is 22.6 Å². The van der Waals surface area contributed by atoms with E-state index in [2.05, 4.69) is 9.97 Å². The molecule has 0 amide bonds. The molecule has 3 rings (SSSR count). The Labute approximate surface area is 107 Å². The van der Waals surface area contributed by atoms with Crippen LogP contribution in [0, 0.1) is 0 Å². The van der Waals surface area contributed by atoms with Crippen LogP contribution in [-0.4, -0.2) is 20.2 Å². The predicted molar refractivity (Wildman–Crippen MR) is 71.1 cm³/mol. The minimum Gasteiger partial charge on any atom is -0.508 e. The Morgan fingerprint density at radius 3 is 2.74 bits per heavy atom. The second-order valence-electron chi connectivity index (χ2n) is 4.13. The van der Waals surface area contributed by atoms with Crippen LogP contribution in [-0.2, 0) is 0 Å². The van der Waals surface area contributed by atoms with Gasteiger partial charge < -0.3 is 15.2 Å². The third kappa shape index (κ3) is 1.81. The summed E-state index contributed by atoms with van der Waals surface area (Å²) in [5.74, 6) is -0.111. The number of nitrogens with zero attached hydrogens (tertiary/aromatic N) is 1. The Hall–Kier alpha value is -2.82. The molecule has 0 saturated carbocycles. The fourth-order valence-electron chi connectivity index (χ4n) is 2.04. The van der Waals surface area contributed by atoms with E-state index in [0.717, 1.165) is 0 Å². The highest BCUT2D eigenvalue weighted by Gasteiger charge is 2.14. The Bertz CT molecular complexity index is 824. The van der Waals surface area contributed by atoms with Crippen LogP contribution < -0.4 is 5.56 Å². The van der Waals surface area contributed by atoms with Gasteiger partial charge in [-0.2, -0.15) is 0 Å². The van der Waals surface area contributed by atoms with Crippen molar-refractivity contribution in [2.24, 2.45) is 0 Å². The highest BCUT2D eigenvalue weighted by atomic mass is 16.3. The smallest absolute Gasteiger partial charge is 0.261 e. The quantitative estimate of drug-likeness (QED) is 0.620. The lowest BCUT2D eigenvalue weighted by atomic mass is 10.0. The van der Waals surface area contributed by atoms with E-state index in [9.17, 15) is 15.0 Å². The molecule has 2 heterocycles. The maximum atomic E-state index is 12.0. The van der Waals surface area contributed by atoms with Crippen LogP contribution in [0.5, 0.6) is 11.5 Å². The molecule has 2 aromatic heterocycles. The van der Waals surface area contributed by atoms with E-state index in [0.29, 0.717) is 16.6 Å². The van der Waals surface area contributed by atoms with E-state index in [1.54, 1.807) is 24.3 Å². The first-order chi connectivity index (χ1) is 9.16. The van der Waals surface area contributed by atoms with Crippen LogP contribution in [0.25, 0.3) is 22.2 Å². The number of rotatable bonds is 1. The SMILES string of the molecule is O=c1[nH]c2ncccc2c(O)c1-c1cccc(O)c1. The number of aromatic nitrogens is 2. The molecule has 0 atom stereocenters. The van der Waals surface area contributed by atoms with Gasteiger partial charge in [0.2, 0.25) is 0 Å². The van der Waals surface area contributed by atoms with Crippen molar-refractivity contribution in [1.29, 1.82) is 0 Å². The van der Waals surface area contributed by atoms with Gasteiger partial charge in [-0.1, -0.05) is 12.1 Å². The number of benzene rings is 1. The second kappa shape index (κ2) is 4.13. The number of fused-ring (bicyclic) bond motifs is 1. The highest BCUT2D eigenvalue weighted by molar-refractivity contribution is 5.89. The van der Waals surface area contributed by atoms with Crippen molar-refractivity contribution in [2.75, 3.05) is 0 Å². The van der Waals surface area contributed by atoms with Gasteiger partial charge in [0.05, 0.1) is 10.9 Å².